The van der Waals surface area contributed by atoms with Crippen molar-refractivity contribution in [2.75, 3.05) is 26.8 Å². The first-order chi connectivity index (χ1) is 9.16. The van der Waals surface area contributed by atoms with Gasteiger partial charge in [0.15, 0.2) is 0 Å². The Morgan fingerprint density at radius 1 is 1.40 bits per heavy atom. The van der Waals surface area contributed by atoms with E-state index in [1.54, 1.807) is 6.92 Å². The smallest absolute Gasteiger partial charge is 0.394 e. The number of carbonyl (C=O) groups excluding carboxylic acids is 1. The highest BCUT2D eigenvalue weighted by Gasteiger charge is 2.53. The molecule has 1 fully saturated rings. The van der Waals surface area contributed by atoms with Crippen molar-refractivity contribution in [2.45, 2.75) is 19.5 Å². The summed E-state index contributed by atoms with van der Waals surface area (Å²) in [6.45, 7) is 1.09. The number of nitrogens with zero attached hydrogens (tertiary/aromatic N) is 1. The van der Waals surface area contributed by atoms with E-state index in [4.69, 9.17) is 9.84 Å². The van der Waals surface area contributed by atoms with Gasteiger partial charge in [0, 0.05) is 33.2 Å². The fourth-order valence-corrected chi connectivity index (χ4v) is 2.36. The maximum absolute atomic E-state index is 12.8. The van der Waals surface area contributed by atoms with Crippen LogP contribution >= 0.6 is 0 Å². The molecule has 0 radical (unpaired) electrons. The summed E-state index contributed by atoms with van der Waals surface area (Å²) < 4.78 is 43.2. The average Bonchev–Trinajstić information content (AvgIpc) is 2.73. The summed E-state index contributed by atoms with van der Waals surface area (Å²) in [4.78, 5) is 23.8. The molecule has 3 atom stereocenters. The number of aliphatic carboxylic acids is 1. The zero-order valence-electron chi connectivity index (χ0n) is 11.3. The van der Waals surface area contributed by atoms with Crippen LogP contribution in [0.25, 0.3) is 0 Å². The van der Waals surface area contributed by atoms with Gasteiger partial charge in [0.25, 0.3) is 0 Å². The molecular formula is C12H18F3NO4. The minimum absolute atomic E-state index is 0.0464. The van der Waals surface area contributed by atoms with Crippen LogP contribution in [0.15, 0.2) is 0 Å². The van der Waals surface area contributed by atoms with Gasteiger partial charge < -0.3 is 14.7 Å². The molecule has 0 aromatic rings. The molecule has 0 aromatic heterocycles. The average molecular weight is 297 g/mol. The topological polar surface area (TPSA) is 66.8 Å². The zero-order chi connectivity index (χ0) is 15.5. The van der Waals surface area contributed by atoms with Crippen LogP contribution < -0.4 is 0 Å². The number of hydrogen-bond donors (Lipinski definition) is 1. The maximum atomic E-state index is 12.8. The number of carboxylic acid groups (broad SMARTS) is 1. The van der Waals surface area contributed by atoms with Gasteiger partial charge in [-0.05, 0) is 5.92 Å². The second kappa shape index (κ2) is 6.43. The Morgan fingerprint density at radius 3 is 2.40 bits per heavy atom. The van der Waals surface area contributed by atoms with Gasteiger partial charge in [-0.2, -0.15) is 13.2 Å². The van der Waals surface area contributed by atoms with Crippen LogP contribution in [0.4, 0.5) is 13.2 Å². The van der Waals surface area contributed by atoms with Crippen molar-refractivity contribution in [1.82, 2.24) is 4.90 Å². The summed E-state index contributed by atoms with van der Waals surface area (Å²) in [5, 5.41) is 8.85. The monoisotopic (exact) mass is 297 g/mol. The molecule has 0 spiro atoms. The van der Waals surface area contributed by atoms with Crippen molar-refractivity contribution in [3.05, 3.63) is 0 Å². The van der Waals surface area contributed by atoms with Crippen molar-refractivity contribution in [3.63, 3.8) is 0 Å². The largest absolute Gasteiger partial charge is 0.481 e. The number of methoxy groups -OCH3 is 1. The summed E-state index contributed by atoms with van der Waals surface area (Å²) in [7, 11) is 1.47. The number of halogens is 3. The summed E-state index contributed by atoms with van der Waals surface area (Å²) in [6, 6.07) is 0. The Bertz CT molecular complexity index is 372. The van der Waals surface area contributed by atoms with Crippen molar-refractivity contribution in [2.24, 2.45) is 17.8 Å². The van der Waals surface area contributed by atoms with Crippen LogP contribution in [0.1, 0.15) is 13.3 Å². The van der Waals surface area contributed by atoms with Crippen molar-refractivity contribution in [3.8, 4) is 0 Å². The second-order valence-electron chi connectivity index (χ2n) is 5.16. The van der Waals surface area contributed by atoms with E-state index in [1.807, 2.05) is 0 Å². The van der Waals surface area contributed by atoms with Gasteiger partial charge in [-0.3, -0.25) is 9.59 Å². The van der Waals surface area contributed by atoms with E-state index >= 15 is 0 Å². The SMILES string of the molecule is COCC(C)CC(=O)N1C[C@@H](C(F)(F)F)[C@H](C(=O)O)C1. The molecule has 1 N–H and O–H groups in total. The lowest BCUT2D eigenvalue weighted by atomic mass is 9.96. The number of likely N-dealkylation sites (tertiary alicyclic amines) is 1. The van der Waals surface area contributed by atoms with Crippen LogP contribution in [-0.2, 0) is 14.3 Å². The van der Waals surface area contributed by atoms with E-state index in [0.717, 1.165) is 4.90 Å². The summed E-state index contributed by atoms with van der Waals surface area (Å²) in [5.74, 6) is -5.70. The van der Waals surface area contributed by atoms with Gasteiger partial charge in [0.1, 0.15) is 0 Å². The minimum Gasteiger partial charge on any atom is -0.481 e. The molecule has 1 heterocycles. The van der Waals surface area contributed by atoms with E-state index < -0.39 is 43.0 Å². The van der Waals surface area contributed by atoms with E-state index in [9.17, 15) is 22.8 Å². The lowest BCUT2D eigenvalue weighted by molar-refractivity contribution is -0.188. The molecule has 0 saturated carbocycles. The first-order valence-electron chi connectivity index (χ1n) is 6.23. The number of carboxylic acids is 1. The van der Waals surface area contributed by atoms with E-state index in [0.29, 0.717) is 6.61 Å². The minimum atomic E-state index is -4.61. The normalized spacial score (nSPS) is 24.8. The van der Waals surface area contributed by atoms with Gasteiger partial charge in [0.2, 0.25) is 5.91 Å². The fourth-order valence-electron chi connectivity index (χ4n) is 2.36. The fraction of sp³-hybridized carbons (Fsp3) is 0.833. The Labute approximate surface area is 114 Å². The first-order valence-corrected chi connectivity index (χ1v) is 6.23. The van der Waals surface area contributed by atoms with Crippen molar-refractivity contribution in [1.29, 1.82) is 0 Å². The highest BCUT2D eigenvalue weighted by molar-refractivity contribution is 5.79. The zero-order valence-corrected chi connectivity index (χ0v) is 11.3. The molecule has 1 aliphatic heterocycles. The van der Waals surface area contributed by atoms with Gasteiger partial charge in [-0.15, -0.1) is 0 Å². The summed E-state index contributed by atoms with van der Waals surface area (Å²) in [6.07, 6.45) is -4.57. The Hall–Kier alpha value is -1.31. The first kappa shape index (κ1) is 16.7. The molecule has 1 unspecified atom stereocenters. The molecule has 0 bridgehead atoms. The molecule has 20 heavy (non-hydrogen) atoms. The second-order valence-corrected chi connectivity index (χ2v) is 5.16. The van der Waals surface area contributed by atoms with E-state index in [1.165, 1.54) is 7.11 Å². The molecule has 1 saturated heterocycles. The van der Waals surface area contributed by atoms with E-state index in [-0.39, 0.29) is 12.3 Å². The third-order valence-corrected chi connectivity index (χ3v) is 3.38. The number of amides is 1. The molecule has 0 aromatic carbocycles. The molecule has 116 valence electrons. The standard InChI is InChI=1S/C12H18F3NO4/c1-7(6-20-2)3-10(17)16-4-8(11(18)19)9(5-16)12(13,14)15/h7-9H,3-6H2,1-2H3,(H,18,19)/t7?,8-,9-/m1/s1. The molecule has 1 aliphatic rings. The van der Waals surface area contributed by atoms with Crippen LogP contribution in [0, 0.1) is 17.8 Å². The Kier molecular flexibility index (Phi) is 5.38. The van der Waals surface area contributed by atoms with Crippen LogP contribution in [0.2, 0.25) is 0 Å². The van der Waals surface area contributed by atoms with Gasteiger partial charge in [-0.25, -0.2) is 0 Å². The highest BCUT2D eigenvalue weighted by atomic mass is 19.4. The third-order valence-electron chi connectivity index (χ3n) is 3.38. The number of rotatable bonds is 5. The lowest BCUT2D eigenvalue weighted by Crippen LogP contribution is -2.34. The summed E-state index contributed by atoms with van der Waals surface area (Å²) >= 11 is 0. The van der Waals surface area contributed by atoms with Crippen molar-refractivity contribution >= 4 is 11.9 Å². The number of ether oxygens (including phenoxy) is 1. The molecule has 5 nitrogen and oxygen atoms in total. The predicted molar refractivity (Wildman–Crippen MR) is 62.9 cm³/mol. The molecule has 8 heteroatoms. The highest BCUT2D eigenvalue weighted by Crippen LogP contribution is 2.38. The molecule has 1 rings (SSSR count). The number of carbonyl (C=O) groups is 2. The van der Waals surface area contributed by atoms with Crippen LogP contribution in [0.3, 0.4) is 0 Å². The third kappa shape index (κ3) is 4.09. The van der Waals surface area contributed by atoms with Gasteiger partial charge in [-0.1, -0.05) is 6.92 Å². The Morgan fingerprint density at radius 2 is 2.00 bits per heavy atom. The quantitative estimate of drug-likeness (QED) is 0.832. The lowest BCUT2D eigenvalue weighted by Gasteiger charge is -2.19. The van der Waals surface area contributed by atoms with E-state index in [2.05, 4.69) is 0 Å². The predicted octanol–water partition coefficient (Wildman–Crippen LogP) is 1.38. The maximum Gasteiger partial charge on any atom is 0.394 e. The summed E-state index contributed by atoms with van der Waals surface area (Å²) in [5.41, 5.74) is 0. The van der Waals surface area contributed by atoms with Crippen LogP contribution in [0.5, 0.6) is 0 Å². The Balaban J connectivity index is 2.70. The molecule has 1 amide bonds. The molecular weight excluding hydrogens is 279 g/mol. The number of hydrogen-bond acceptors (Lipinski definition) is 3. The number of alkyl halides is 3. The van der Waals surface area contributed by atoms with Crippen molar-refractivity contribution < 1.29 is 32.6 Å². The van der Waals surface area contributed by atoms with Crippen LogP contribution in [-0.4, -0.2) is 54.9 Å². The molecule has 0 aliphatic carbocycles. The van der Waals surface area contributed by atoms with Gasteiger partial charge >= 0.3 is 12.1 Å². The van der Waals surface area contributed by atoms with Gasteiger partial charge in [0.05, 0.1) is 11.8 Å².